The van der Waals surface area contributed by atoms with Crippen LogP contribution in [-0.2, 0) is 12.8 Å². The molecule has 0 bridgehead atoms. The summed E-state index contributed by atoms with van der Waals surface area (Å²) in [7, 11) is 0. The lowest BCUT2D eigenvalue weighted by molar-refractivity contribution is 0.907. The first-order chi connectivity index (χ1) is 4.38. The number of aromatic nitrogens is 1. The van der Waals surface area contributed by atoms with Crippen LogP contribution < -0.4 is 5.56 Å². The number of aryl methyl sites for hydroxylation is 1. The average molecular weight is 178 g/mol. The minimum Gasteiger partial charge on any atom is -0.277 e. The maximum absolute atomic E-state index is 10.9. The first-order valence-corrected chi connectivity index (χ1v) is 3.89. The average Bonchev–Trinajstić information content (AvgIpc) is 2.35. The van der Waals surface area contributed by atoms with Crippen molar-refractivity contribution >= 4 is 23.9 Å². The molecule has 0 saturated carbocycles. The van der Waals surface area contributed by atoms with Crippen LogP contribution in [0.4, 0.5) is 0 Å². The van der Waals surface area contributed by atoms with E-state index in [1.165, 1.54) is 22.8 Å². The molecule has 0 aromatic carbocycles. The van der Waals surface area contributed by atoms with Crippen molar-refractivity contribution in [3.8, 4) is 0 Å². The summed E-state index contributed by atoms with van der Waals surface area (Å²) in [6.07, 6.45) is 3.28. The first-order valence-electron chi connectivity index (χ1n) is 3.07. The second-order valence-electron chi connectivity index (χ2n) is 2.29. The number of hydrogen-bond donors (Lipinski definition) is 1. The van der Waals surface area contributed by atoms with Gasteiger partial charge >= 0.3 is 0 Å². The van der Waals surface area contributed by atoms with E-state index in [2.05, 4.69) is 4.37 Å². The van der Waals surface area contributed by atoms with Gasteiger partial charge in [-0.2, -0.15) is 0 Å². The fourth-order valence-electron chi connectivity index (χ4n) is 1.24. The molecule has 1 N–H and O–H groups in total. The third kappa shape index (κ3) is 0.995. The van der Waals surface area contributed by atoms with Crippen molar-refractivity contribution in [2.45, 2.75) is 19.3 Å². The van der Waals surface area contributed by atoms with E-state index < -0.39 is 0 Å². The van der Waals surface area contributed by atoms with Crippen LogP contribution in [0.15, 0.2) is 4.79 Å². The van der Waals surface area contributed by atoms with Gasteiger partial charge in [-0.05, 0) is 19.3 Å². The number of nitrogens with one attached hydrogen (secondary N) is 1. The van der Waals surface area contributed by atoms with Gasteiger partial charge in [-0.15, -0.1) is 12.4 Å². The smallest absolute Gasteiger partial charge is 0.261 e. The van der Waals surface area contributed by atoms with Crippen molar-refractivity contribution in [3.63, 3.8) is 0 Å². The summed E-state index contributed by atoms with van der Waals surface area (Å²) >= 11 is 1.50. The third-order valence-corrected chi connectivity index (χ3v) is 2.69. The molecule has 0 atom stereocenters. The number of aromatic amines is 1. The van der Waals surface area contributed by atoms with E-state index in [0.717, 1.165) is 18.4 Å². The first kappa shape index (κ1) is 7.82. The molecule has 0 unspecified atom stereocenters. The van der Waals surface area contributed by atoms with Crippen LogP contribution in [0.5, 0.6) is 0 Å². The highest BCUT2D eigenvalue weighted by Gasteiger charge is 2.15. The van der Waals surface area contributed by atoms with Gasteiger partial charge in [0.1, 0.15) is 0 Å². The van der Waals surface area contributed by atoms with Gasteiger partial charge in [0, 0.05) is 10.4 Å². The highest BCUT2D eigenvalue weighted by atomic mass is 35.5. The lowest BCUT2D eigenvalue weighted by Crippen LogP contribution is -2.02. The van der Waals surface area contributed by atoms with E-state index in [-0.39, 0.29) is 18.0 Å². The molecule has 4 heteroatoms. The van der Waals surface area contributed by atoms with Crippen molar-refractivity contribution in [2.24, 2.45) is 0 Å². The molecule has 0 saturated heterocycles. The number of rotatable bonds is 0. The van der Waals surface area contributed by atoms with Crippen molar-refractivity contribution in [3.05, 3.63) is 20.8 Å². The predicted molar refractivity (Wildman–Crippen MR) is 44.2 cm³/mol. The van der Waals surface area contributed by atoms with E-state index in [9.17, 15) is 4.79 Å². The minimum absolute atomic E-state index is 0. The molecule has 10 heavy (non-hydrogen) atoms. The highest BCUT2D eigenvalue weighted by molar-refractivity contribution is 7.05. The molecule has 0 amide bonds. The Labute approximate surface area is 68.8 Å². The van der Waals surface area contributed by atoms with Crippen LogP contribution in [0, 0.1) is 0 Å². The Morgan fingerprint density at radius 3 is 2.90 bits per heavy atom. The summed E-state index contributed by atoms with van der Waals surface area (Å²) in [6, 6.07) is 0. The Morgan fingerprint density at radius 1 is 1.40 bits per heavy atom. The molecule has 1 aromatic heterocycles. The number of hydrogen-bond acceptors (Lipinski definition) is 2. The summed E-state index contributed by atoms with van der Waals surface area (Å²) < 4.78 is 2.73. The molecule has 1 aromatic rings. The minimum atomic E-state index is 0. The molecule has 56 valence electrons. The van der Waals surface area contributed by atoms with Crippen LogP contribution in [-0.4, -0.2) is 4.37 Å². The molecule has 1 heterocycles. The fraction of sp³-hybridized carbons (Fsp3) is 0.500. The Bertz CT molecular complexity index is 278. The third-order valence-electron chi connectivity index (χ3n) is 1.71. The zero-order valence-electron chi connectivity index (χ0n) is 5.35. The summed E-state index contributed by atoms with van der Waals surface area (Å²) in [5.74, 6) is 0. The summed E-state index contributed by atoms with van der Waals surface area (Å²) in [5, 5.41) is 0. The van der Waals surface area contributed by atoms with Crippen molar-refractivity contribution in [1.82, 2.24) is 4.37 Å². The SMILES string of the molecule is Cl.O=c1[nH]sc2c1CCC2. The standard InChI is InChI=1S/C6H7NOS.ClH/c8-6-4-2-1-3-5(4)9-7-6;/h1-3H2,(H,7,8);1H. The maximum Gasteiger partial charge on any atom is 0.261 e. The van der Waals surface area contributed by atoms with Gasteiger partial charge in [0.15, 0.2) is 0 Å². The fourth-order valence-corrected chi connectivity index (χ4v) is 2.14. The zero-order chi connectivity index (χ0) is 6.27. The van der Waals surface area contributed by atoms with Gasteiger partial charge < -0.3 is 0 Å². The Hall–Kier alpha value is -0.280. The van der Waals surface area contributed by atoms with Crippen LogP contribution in [0.1, 0.15) is 16.9 Å². The molecule has 1 aliphatic carbocycles. The van der Waals surface area contributed by atoms with Gasteiger partial charge in [-0.25, -0.2) is 0 Å². The predicted octanol–water partition coefficient (Wildman–Crippen LogP) is 1.35. The highest BCUT2D eigenvalue weighted by Crippen LogP contribution is 2.20. The second-order valence-corrected chi connectivity index (χ2v) is 3.19. The van der Waals surface area contributed by atoms with Crippen molar-refractivity contribution in [2.75, 3.05) is 0 Å². The van der Waals surface area contributed by atoms with E-state index in [1.54, 1.807) is 0 Å². The van der Waals surface area contributed by atoms with Gasteiger partial charge in [0.05, 0.1) is 0 Å². The van der Waals surface area contributed by atoms with Gasteiger partial charge in [-0.3, -0.25) is 9.17 Å². The van der Waals surface area contributed by atoms with Gasteiger partial charge in [0.2, 0.25) is 0 Å². The van der Waals surface area contributed by atoms with Crippen LogP contribution in [0.2, 0.25) is 0 Å². The topological polar surface area (TPSA) is 32.9 Å². The zero-order valence-corrected chi connectivity index (χ0v) is 6.98. The molecule has 1 aliphatic rings. The number of H-pyrrole nitrogens is 1. The van der Waals surface area contributed by atoms with Crippen LogP contribution in [0.25, 0.3) is 0 Å². The van der Waals surface area contributed by atoms with E-state index in [0.29, 0.717) is 0 Å². The summed E-state index contributed by atoms with van der Waals surface area (Å²) in [4.78, 5) is 12.1. The molecule has 0 aliphatic heterocycles. The van der Waals surface area contributed by atoms with Crippen LogP contribution in [0.3, 0.4) is 0 Å². The molecule has 0 spiro atoms. The molecule has 0 radical (unpaired) electrons. The maximum atomic E-state index is 10.9. The van der Waals surface area contributed by atoms with Crippen molar-refractivity contribution in [1.29, 1.82) is 0 Å². The Kier molecular flexibility index (Phi) is 2.16. The lowest BCUT2D eigenvalue weighted by atomic mass is 10.3. The summed E-state index contributed by atoms with van der Waals surface area (Å²) in [5.41, 5.74) is 1.19. The Balaban J connectivity index is 0.000000500. The largest absolute Gasteiger partial charge is 0.277 e. The molecular formula is C6H8ClNOS. The molecule has 2 rings (SSSR count). The van der Waals surface area contributed by atoms with Crippen LogP contribution >= 0.6 is 23.9 Å². The van der Waals surface area contributed by atoms with E-state index in [4.69, 9.17) is 0 Å². The number of halogens is 1. The number of fused-ring (bicyclic) bond motifs is 1. The second kappa shape index (κ2) is 2.76. The van der Waals surface area contributed by atoms with E-state index >= 15 is 0 Å². The van der Waals surface area contributed by atoms with E-state index in [1.807, 2.05) is 0 Å². The normalized spacial score (nSPS) is 14.4. The lowest BCUT2D eigenvalue weighted by Gasteiger charge is -1.76. The quantitative estimate of drug-likeness (QED) is 0.638. The Morgan fingerprint density at radius 2 is 2.20 bits per heavy atom. The molecule has 2 nitrogen and oxygen atoms in total. The molecule has 0 fully saturated rings. The molecular weight excluding hydrogens is 170 g/mol. The summed E-state index contributed by atoms with van der Waals surface area (Å²) in [6.45, 7) is 0. The van der Waals surface area contributed by atoms with Crippen molar-refractivity contribution < 1.29 is 0 Å². The van der Waals surface area contributed by atoms with Gasteiger partial charge in [0.25, 0.3) is 5.56 Å². The van der Waals surface area contributed by atoms with Gasteiger partial charge in [-0.1, -0.05) is 11.5 Å². The monoisotopic (exact) mass is 177 g/mol.